The van der Waals surface area contributed by atoms with Gasteiger partial charge in [-0.3, -0.25) is 14.4 Å². The van der Waals surface area contributed by atoms with Crippen molar-refractivity contribution in [3.05, 3.63) is 33.6 Å². The van der Waals surface area contributed by atoms with Crippen LogP contribution < -0.4 is 11.2 Å². The molecule has 5 rings (SSSR count). The Morgan fingerprint density at radius 1 is 1.11 bits per heavy atom. The third kappa shape index (κ3) is 2.21. The quantitative estimate of drug-likeness (QED) is 0.0549. The summed E-state index contributed by atoms with van der Waals surface area (Å²) in [7, 11) is 6.24. The van der Waals surface area contributed by atoms with Crippen LogP contribution in [0, 0.1) is 5.92 Å². The number of carbonyl (C=O) groups excluding carboxylic acids is 3. The third-order valence-corrected chi connectivity index (χ3v) is 7.87. The Bertz CT molecular complexity index is 1380. The number of aliphatic hydroxyl groups is 5. The Kier molecular flexibility index (Phi) is 4.16. The van der Waals surface area contributed by atoms with Crippen LogP contribution in [0.1, 0.15) is 37.0 Å². The molecule has 13 heteroatoms. The van der Waals surface area contributed by atoms with E-state index < -0.39 is 92.1 Å². The molecular formula is C22H20BNO11. The Labute approximate surface area is 198 Å². The standard InChI is InChI=1S/C22H20BNO11/c1-3-5-11(23)9-7(14(27)12(5)25)13(26)10-17(30)21(32)6(4-20(10)19(9,2)35-20)22(33,34)16(29)8(15(21)28)18(24)31/h6,25-27,29,32-34H,3-4H2,1-2H3,(H2,24,31)/t6?,19-,20?,21?/m1/s1. The van der Waals surface area contributed by atoms with Crippen molar-refractivity contribution in [2.45, 2.75) is 49.3 Å². The van der Waals surface area contributed by atoms with E-state index in [9.17, 15) is 50.1 Å². The van der Waals surface area contributed by atoms with Crippen LogP contribution in [-0.2, 0) is 31.1 Å². The Balaban J connectivity index is 1.85. The SMILES string of the molecule is [B]c1c(CC)c(O)c(O)c2c1[C@@]1(C)OC13CC1C(O)(O)C(O)=C(C(N)=O)C(=O)C1(O)C(=O)C3=C2O. The Hall–Kier alpha value is -3.39. The first-order valence-corrected chi connectivity index (χ1v) is 10.6. The van der Waals surface area contributed by atoms with Gasteiger partial charge < -0.3 is 46.2 Å². The van der Waals surface area contributed by atoms with Gasteiger partial charge in [0.15, 0.2) is 22.9 Å². The van der Waals surface area contributed by atoms with Crippen LogP contribution >= 0.6 is 0 Å². The maximum atomic E-state index is 13.7. The molecule has 2 fully saturated rings. The Morgan fingerprint density at radius 3 is 2.26 bits per heavy atom. The predicted molar refractivity (Wildman–Crippen MR) is 114 cm³/mol. The number of ether oxygens (including phenoxy) is 1. The molecule has 3 unspecified atom stereocenters. The number of nitrogens with two attached hydrogens (primary N) is 1. The zero-order chi connectivity index (χ0) is 26.2. The smallest absolute Gasteiger partial charge is 0.256 e. The number of phenols is 2. The molecule has 182 valence electrons. The summed E-state index contributed by atoms with van der Waals surface area (Å²) in [6, 6.07) is 0. The van der Waals surface area contributed by atoms with Gasteiger partial charge in [0, 0.05) is 0 Å². The number of Topliss-reactive ketones (excluding diaryl/α,β-unsaturated/α-hetero) is 2. The highest BCUT2D eigenvalue weighted by molar-refractivity contribution is 6.37. The molecule has 1 aromatic carbocycles. The van der Waals surface area contributed by atoms with Crippen LogP contribution in [-0.4, -0.2) is 78.1 Å². The van der Waals surface area contributed by atoms with E-state index in [1.54, 1.807) is 6.92 Å². The second kappa shape index (κ2) is 6.24. The normalized spacial score (nSPS) is 34.7. The molecule has 1 amide bonds. The molecule has 0 bridgehead atoms. The molecule has 4 atom stereocenters. The van der Waals surface area contributed by atoms with Gasteiger partial charge in [-0.1, -0.05) is 12.4 Å². The van der Waals surface area contributed by atoms with Gasteiger partial charge in [-0.05, 0) is 30.9 Å². The van der Waals surface area contributed by atoms with Crippen molar-refractivity contribution < 1.29 is 54.9 Å². The summed E-state index contributed by atoms with van der Waals surface area (Å²) in [5.41, 5.74) is -4.25. The maximum Gasteiger partial charge on any atom is 0.256 e. The number of aromatic hydroxyl groups is 2. The largest absolute Gasteiger partial charge is 0.507 e. The molecule has 4 aliphatic rings. The second-order valence-electron chi connectivity index (χ2n) is 9.37. The minimum Gasteiger partial charge on any atom is -0.507 e. The molecule has 1 saturated heterocycles. The summed E-state index contributed by atoms with van der Waals surface area (Å²) in [6.45, 7) is 3.07. The lowest BCUT2D eigenvalue weighted by molar-refractivity contribution is -0.242. The fourth-order valence-corrected chi connectivity index (χ4v) is 6.04. The van der Waals surface area contributed by atoms with Gasteiger partial charge in [-0.2, -0.15) is 0 Å². The van der Waals surface area contributed by atoms with Crippen LogP contribution in [0.4, 0.5) is 0 Å². The number of hydrogen-bond acceptors (Lipinski definition) is 11. The molecule has 3 aliphatic carbocycles. The maximum absolute atomic E-state index is 13.7. The van der Waals surface area contributed by atoms with Crippen LogP contribution in [0.2, 0.25) is 0 Å². The number of fused-ring (bicyclic) bond motifs is 3. The summed E-state index contributed by atoms with van der Waals surface area (Å²) in [5, 5.41) is 75.2. The zero-order valence-electron chi connectivity index (χ0n) is 18.4. The van der Waals surface area contributed by atoms with Crippen molar-refractivity contribution in [2.24, 2.45) is 11.7 Å². The molecule has 1 heterocycles. The predicted octanol–water partition coefficient (Wildman–Crippen LogP) is -2.40. The fraction of sp³-hybridized carbons (Fsp3) is 0.409. The van der Waals surface area contributed by atoms with Crippen molar-refractivity contribution in [1.29, 1.82) is 0 Å². The van der Waals surface area contributed by atoms with E-state index in [1.165, 1.54) is 6.92 Å². The van der Waals surface area contributed by atoms with E-state index in [-0.39, 0.29) is 23.0 Å². The van der Waals surface area contributed by atoms with Gasteiger partial charge >= 0.3 is 0 Å². The minimum atomic E-state index is -3.47. The van der Waals surface area contributed by atoms with E-state index in [2.05, 4.69) is 0 Å². The molecule has 9 N–H and O–H groups in total. The topological polar surface area (TPSA) is 231 Å². The first-order chi connectivity index (χ1) is 16.1. The molecule has 0 aromatic heterocycles. The summed E-state index contributed by atoms with van der Waals surface area (Å²) in [4.78, 5) is 38.5. The van der Waals surface area contributed by atoms with Gasteiger partial charge in [0.25, 0.3) is 5.91 Å². The number of phenolic OH excluding ortho intramolecular Hbond substituents is 2. The highest BCUT2D eigenvalue weighted by atomic mass is 16.6. The average molecular weight is 485 g/mol. The van der Waals surface area contributed by atoms with Crippen molar-refractivity contribution in [1.82, 2.24) is 0 Å². The fourth-order valence-electron chi connectivity index (χ4n) is 6.04. The van der Waals surface area contributed by atoms with Crippen LogP contribution in [0.15, 0.2) is 16.9 Å². The molecule has 35 heavy (non-hydrogen) atoms. The second-order valence-corrected chi connectivity index (χ2v) is 9.37. The van der Waals surface area contributed by atoms with E-state index in [0.29, 0.717) is 0 Å². The number of amides is 1. The molecule has 1 saturated carbocycles. The molecule has 1 aromatic rings. The number of benzene rings is 1. The van der Waals surface area contributed by atoms with E-state index in [1.807, 2.05) is 0 Å². The first-order valence-electron chi connectivity index (χ1n) is 10.6. The molecule has 1 aliphatic heterocycles. The first kappa shape index (κ1) is 23.4. The monoisotopic (exact) mass is 485 g/mol. The van der Waals surface area contributed by atoms with E-state index in [4.69, 9.17) is 18.3 Å². The van der Waals surface area contributed by atoms with E-state index in [0.717, 1.165) is 0 Å². The minimum absolute atomic E-state index is 0.00495. The van der Waals surface area contributed by atoms with Crippen molar-refractivity contribution in [2.75, 3.05) is 0 Å². The van der Waals surface area contributed by atoms with Crippen molar-refractivity contribution in [3.8, 4) is 11.5 Å². The lowest BCUT2D eigenvalue weighted by Gasteiger charge is -2.49. The number of ketones is 2. The van der Waals surface area contributed by atoms with Gasteiger partial charge in [-0.25, -0.2) is 0 Å². The number of primary amides is 1. The number of epoxide rings is 1. The lowest BCUT2D eigenvalue weighted by atomic mass is 9.54. The average Bonchev–Trinajstić information content (AvgIpc) is 3.37. The lowest BCUT2D eigenvalue weighted by Crippen LogP contribution is -2.70. The van der Waals surface area contributed by atoms with Gasteiger partial charge in [-0.15, -0.1) is 0 Å². The van der Waals surface area contributed by atoms with Crippen LogP contribution in [0.25, 0.3) is 5.76 Å². The molecule has 2 radical (unpaired) electrons. The van der Waals surface area contributed by atoms with Gasteiger partial charge in [0.1, 0.15) is 30.4 Å². The zero-order valence-corrected chi connectivity index (χ0v) is 18.4. The van der Waals surface area contributed by atoms with Crippen LogP contribution in [0.3, 0.4) is 0 Å². The number of hydrogen-bond donors (Lipinski definition) is 8. The highest BCUT2D eigenvalue weighted by Crippen LogP contribution is 2.71. The van der Waals surface area contributed by atoms with Crippen molar-refractivity contribution >= 4 is 36.5 Å². The molecule has 12 nitrogen and oxygen atoms in total. The van der Waals surface area contributed by atoms with Gasteiger partial charge in [0.2, 0.25) is 17.4 Å². The van der Waals surface area contributed by atoms with Gasteiger partial charge in [0.05, 0.1) is 17.1 Å². The third-order valence-electron chi connectivity index (χ3n) is 7.87. The van der Waals surface area contributed by atoms with Crippen LogP contribution in [0.5, 0.6) is 11.5 Å². The highest BCUT2D eigenvalue weighted by Gasteiger charge is 2.83. The Morgan fingerprint density at radius 2 is 1.71 bits per heavy atom. The number of rotatable bonds is 2. The van der Waals surface area contributed by atoms with E-state index >= 15 is 0 Å². The number of carbonyl (C=O) groups is 3. The van der Waals surface area contributed by atoms with Crippen molar-refractivity contribution in [3.63, 3.8) is 0 Å². The summed E-state index contributed by atoms with van der Waals surface area (Å²) < 4.78 is 5.89. The molecule has 1 spiro atoms. The summed E-state index contributed by atoms with van der Waals surface area (Å²) >= 11 is 0. The molecular weight excluding hydrogens is 465 g/mol. The number of aliphatic hydroxyl groups excluding tert-OH is 2. The summed E-state index contributed by atoms with van der Waals surface area (Å²) in [5.74, 6) is -14.5. The summed E-state index contributed by atoms with van der Waals surface area (Å²) in [6.07, 6.45) is -0.554.